The molecule has 4 heteroatoms. The van der Waals surface area contributed by atoms with Crippen molar-refractivity contribution in [3.05, 3.63) is 65.7 Å². The van der Waals surface area contributed by atoms with Crippen molar-refractivity contribution < 1.29 is 13.9 Å². The number of benzene rings is 2. The fraction of sp³-hybridized carbons (Fsp3) is 0.263. The van der Waals surface area contributed by atoms with Crippen LogP contribution in [0.1, 0.15) is 25.0 Å². The van der Waals surface area contributed by atoms with Crippen LogP contribution in [0, 0.1) is 0 Å². The lowest BCUT2D eigenvalue weighted by atomic mass is 10.2. The molecule has 0 heterocycles. The molecule has 0 aliphatic carbocycles. The molecule has 0 fully saturated rings. The number of aliphatic imine (C=N–C) groups is 1. The first-order valence-corrected chi connectivity index (χ1v) is 7.33. The minimum absolute atomic E-state index is 0.0639. The topological polar surface area (TPSA) is 38.7 Å². The molecule has 2 aromatic rings. The SMILES string of the molecule is CC(=O)[C@H](C)N=Cc1ccc(OCc2ccccc2)cc1.CF. The van der Waals surface area contributed by atoms with E-state index in [4.69, 9.17) is 4.74 Å². The minimum Gasteiger partial charge on any atom is -0.489 e. The molecule has 0 unspecified atom stereocenters. The molecule has 2 aromatic carbocycles. The predicted molar refractivity (Wildman–Crippen MR) is 92.0 cm³/mol. The van der Waals surface area contributed by atoms with E-state index in [1.807, 2.05) is 54.6 Å². The normalized spacial score (nSPS) is 11.5. The molecule has 0 saturated heterocycles. The van der Waals surface area contributed by atoms with Crippen molar-refractivity contribution in [3.63, 3.8) is 0 Å². The molecule has 0 radical (unpaired) electrons. The lowest BCUT2D eigenvalue weighted by Gasteiger charge is -2.06. The van der Waals surface area contributed by atoms with Crippen molar-refractivity contribution in [2.45, 2.75) is 26.5 Å². The van der Waals surface area contributed by atoms with Crippen molar-refractivity contribution in [2.75, 3.05) is 7.18 Å². The maximum Gasteiger partial charge on any atom is 0.153 e. The maximum atomic E-state index is 11.1. The molecule has 0 aromatic heterocycles. The van der Waals surface area contributed by atoms with Gasteiger partial charge in [-0.1, -0.05) is 30.3 Å². The van der Waals surface area contributed by atoms with Crippen LogP contribution in [-0.2, 0) is 11.4 Å². The van der Waals surface area contributed by atoms with E-state index in [0.29, 0.717) is 13.8 Å². The number of ketones is 1. The summed E-state index contributed by atoms with van der Waals surface area (Å²) in [5.41, 5.74) is 2.09. The second-order valence-corrected chi connectivity index (χ2v) is 4.91. The fourth-order valence-electron chi connectivity index (χ4n) is 1.69. The zero-order chi connectivity index (χ0) is 17.1. The minimum atomic E-state index is -0.293. The van der Waals surface area contributed by atoms with Crippen molar-refractivity contribution >= 4 is 12.0 Å². The van der Waals surface area contributed by atoms with E-state index in [0.717, 1.165) is 16.9 Å². The smallest absolute Gasteiger partial charge is 0.153 e. The van der Waals surface area contributed by atoms with Gasteiger partial charge in [0.1, 0.15) is 18.4 Å². The van der Waals surface area contributed by atoms with E-state index in [-0.39, 0.29) is 11.8 Å². The zero-order valence-corrected chi connectivity index (χ0v) is 13.7. The Hall–Kier alpha value is -2.49. The molecule has 0 spiro atoms. The number of alkyl halides is 1. The molecule has 0 aliphatic heterocycles. The number of hydrogen-bond acceptors (Lipinski definition) is 3. The Morgan fingerprint density at radius 2 is 1.74 bits per heavy atom. The van der Waals surface area contributed by atoms with Crippen molar-refractivity contribution in [1.29, 1.82) is 0 Å². The average Bonchev–Trinajstić information content (AvgIpc) is 2.61. The van der Waals surface area contributed by atoms with E-state index in [2.05, 4.69) is 4.99 Å². The summed E-state index contributed by atoms with van der Waals surface area (Å²) in [7, 11) is 0.500. The Kier molecular flexibility index (Phi) is 8.29. The van der Waals surface area contributed by atoms with Crippen LogP contribution in [0.5, 0.6) is 5.75 Å². The van der Waals surface area contributed by atoms with Gasteiger partial charge in [0.2, 0.25) is 0 Å². The van der Waals surface area contributed by atoms with Gasteiger partial charge in [0.05, 0.1) is 7.18 Å². The summed E-state index contributed by atoms with van der Waals surface area (Å²) in [4.78, 5) is 15.3. The molecule has 3 nitrogen and oxygen atoms in total. The van der Waals surface area contributed by atoms with Gasteiger partial charge in [-0.25, -0.2) is 0 Å². The van der Waals surface area contributed by atoms with Gasteiger partial charge in [-0.2, -0.15) is 0 Å². The van der Waals surface area contributed by atoms with E-state index < -0.39 is 0 Å². The van der Waals surface area contributed by atoms with E-state index in [1.54, 1.807) is 20.1 Å². The van der Waals surface area contributed by atoms with Gasteiger partial charge < -0.3 is 4.74 Å². The molecule has 0 saturated carbocycles. The number of halogens is 1. The lowest BCUT2D eigenvalue weighted by molar-refractivity contribution is -0.117. The second kappa shape index (κ2) is 10.3. The van der Waals surface area contributed by atoms with Gasteiger partial charge >= 0.3 is 0 Å². The zero-order valence-electron chi connectivity index (χ0n) is 13.7. The largest absolute Gasteiger partial charge is 0.489 e. The number of nitrogens with zero attached hydrogens (tertiary/aromatic N) is 1. The van der Waals surface area contributed by atoms with Crippen LogP contribution < -0.4 is 4.74 Å². The van der Waals surface area contributed by atoms with Gasteiger partial charge in [0, 0.05) is 6.21 Å². The van der Waals surface area contributed by atoms with Crippen LogP contribution in [0.25, 0.3) is 0 Å². The molecule has 0 amide bonds. The van der Waals surface area contributed by atoms with Crippen molar-refractivity contribution in [1.82, 2.24) is 0 Å². The first-order chi connectivity index (χ1) is 11.1. The van der Waals surface area contributed by atoms with Crippen LogP contribution in [0.15, 0.2) is 59.6 Å². The Balaban J connectivity index is 0.00000127. The molecule has 1 atom stereocenters. The summed E-state index contributed by atoms with van der Waals surface area (Å²) in [6, 6.07) is 17.4. The Bertz CT molecular complexity index is 609. The van der Waals surface area contributed by atoms with Crippen molar-refractivity contribution in [3.8, 4) is 5.75 Å². The first kappa shape index (κ1) is 18.6. The fourth-order valence-corrected chi connectivity index (χ4v) is 1.69. The summed E-state index contributed by atoms with van der Waals surface area (Å²) < 4.78 is 15.2. The highest BCUT2D eigenvalue weighted by Gasteiger charge is 2.02. The first-order valence-electron chi connectivity index (χ1n) is 7.33. The molecule has 0 bridgehead atoms. The van der Waals surface area contributed by atoms with Gasteiger partial charge in [0.25, 0.3) is 0 Å². The molecule has 2 rings (SSSR count). The van der Waals surface area contributed by atoms with E-state index in [9.17, 15) is 9.18 Å². The van der Waals surface area contributed by atoms with Gasteiger partial charge in [0.15, 0.2) is 5.78 Å². The predicted octanol–water partition coefficient (Wildman–Crippen LogP) is 4.25. The molecule has 23 heavy (non-hydrogen) atoms. The third-order valence-corrected chi connectivity index (χ3v) is 3.16. The quantitative estimate of drug-likeness (QED) is 0.748. The Morgan fingerprint density at radius 3 is 2.30 bits per heavy atom. The summed E-state index contributed by atoms with van der Waals surface area (Å²) in [6.45, 7) is 3.88. The third-order valence-electron chi connectivity index (χ3n) is 3.16. The van der Waals surface area contributed by atoms with E-state index in [1.165, 1.54) is 0 Å². The molecule has 0 aliphatic rings. The molecular formula is C19H22FNO2. The molecule has 0 N–H and O–H groups in total. The van der Waals surface area contributed by atoms with E-state index >= 15 is 0 Å². The standard InChI is InChI=1S/C18H19NO2.CH3F/c1-14(15(2)20)19-12-16-8-10-18(11-9-16)21-13-17-6-4-3-5-7-17;1-2/h3-12,14H,13H2,1-2H3;1H3/t14-;/m0./s1. The third kappa shape index (κ3) is 6.87. The van der Waals surface area contributed by atoms with Gasteiger partial charge in [-0.3, -0.25) is 14.2 Å². The van der Waals surface area contributed by atoms with Crippen molar-refractivity contribution in [2.24, 2.45) is 4.99 Å². The number of rotatable bonds is 6. The summed E-state index contributed by atoms with van der Waals surface area (Å²) in [5.74, 6) is 0.879. The van der Waals surface area contributed by atoms with Gasteiger partial charge in [-0.15, -0.1) is 0 Å². The summed E-state index contributed by atoms with van der Waals surface area (Å²) in [5, 5.41) is 0. The lowest BCUT2D eigenvalue weighted by Crippen LogP contribution is -2.09. The van der Waals surface area contributed by atoms with Crippen LogP contribution in [-0.4, -0.2) is 25.2 Å². The number of carbonyl (C=O) groups is 1. The highest BCUT2D eigenvalue weighted by molar-refractivity contribution is 5.86. The number of Topliss-reactive ketones (excluding diaryl/α,β-unsaturated/α-hetero) is 1. The summed E-state index contributed by atoms with van der Waals surface area (Å²) in [6.07, 6.45) is 1.72. The number of ether oxygens (including phenoxy) is 1. The number of hydrogen-bond donors (Lipinski definition) is 0. The highest BCUT2D eigenvalue weighted by atomic mass is 19.1. The van der Waals surface area contributed by atoms with Gasteiger partial charge in [-0.05, 0) is 49.2 Å². The summed E-state index contributed by atoms with van der Waals surface area (Å²) >= 11 is 0. The average molecular weight is 315 g/mol. The van der Waals surface area contributed by atoms with Crippen LogP contribution >= 0.6 is 0 Å². The van der Waals surface area contributed by atoms with Crippen LogP contribution in [0.4, 0.5) is 4.39 Å². The second-order valence-electron chi connectivity index (χ2n) is 4.91. The number of carbonyl (C=O) groups excluding carboxylic acids is 1. The Labute approximate surface area is 136 Å². The highest BCUT2D eigenvalue weighted by Crippen LogP contribution is 2.13. The van der Waals surface area contributed by atoms with Crippen LogP contribution in [0.2, 0.25) is 0 Å². The maximum absolute atomic E-state index is 11.1. The molecule has 122 valence electrons. The monoisotopic (exact) mass is 315 g/mol. The Morgan fingerprint density at radius 1 is 1.13 bits per heavy atom. The molecular weight excluding hydrogens is 293 g/mol. The van der Waals surface area contributed by atoms with Crippen LogP contribution in [0.3, 0.4) is 0 Å².